The molecule has 3 heterocycles. The Hall–Kier alpha value is -5.21. The van der Waals surface area contributed by atoms with Crippen molar-refractivity contribution in [1.82, 2.24) is 9.97 Å². The molecule has 0 aliphatic rings. The van der Waals surface area contributed by atoms with Gasteiger partial charge >= 0.3 is 5.97 Å². The smallest absolute Gasteiger partial charge is 0.360 e. The van der Waals surface area contributed by atoms with Gasteiger partial charge in [-0.25, -0.2) is 14.8 Å². The highest BCUT2D eigenvalue weighted by molar-refractivity contribution is 7.10. The van der Waals surface area contributed by atoms with E-state index in [0.29, 0.717) is 27.3 Å². The van der Waals surface area contributed by atoms with Crippen LogP contribution < -0.4 is 23.7 Å². The fraction of sp³-hybridized carbons (Fsp3) is 0.194. The molecule has 1 unspecified atom stereocenters. The first kappa shape index (κ1) is 31.2. The summed E-state index contributed by atoms with van der Waals surface area (Å²) in [6, 6.07) is 16.3. The van der Waals surface area contributed by atoms with Crippen molar-refractivity contribution < 1.29 is 43.6 Å². The van der Waals surface area contributed by atoms with E-state index in [1.807, 2.05) is 48.5 Å². The largest absolute Gasteiger partial charge is 0.497 e. The number of oxime groups is 1. The number of thiazole rings is 2. The van der Waals surface area contributed by atoms with Gasteiger partial charge in [-0.3, -0.25) is 5.21 Å². The molecule has 1 atom stereocenters. The summed E-state index contributed by atoms with van der Waals surface area (Å²) in [6.07, 6.45) is 1.80. The van der Waals surface area contributed by atoms with Crippen LogP contribution in [0.3, 0.4) is 0 Å². The highest BCUT2D eigenvalue weighted by Gasteiger charge is 2.33. The second-order valence-electron chi connectivity index (χ2n) is 9.40. The Balaban J connectivity index is 1.49. The van der Waals surface area contributed by atoms with Gasteiger partial charge in [-0.15, -0.1) is 22.7 Å². The van der Waals surface area contributed by atoms with Crippen LogP contribution in [0.5, 0.6) is 23.0 Å². The molecule has 232 valence electrons. The van der Waals surface area contributed by atoms with Crippen LogP contribution in [-0.4, -0.2) is 46.2 Å². The number of methoxy groups -OCH3 is 2. The summed E-state index contributed by atoms with van der Waals surface area (Å²) in [6.45, 7) is 2.10. The first-order valence-corrected chi connectivity index (χ1v) is 15.2. The number of aromatic nitrogens is 3. The minimum atomic E-state index is -1.32. The maximum Gasteiger partial charge on any atom is 0.360 e. The summed E-state index contributed by atoms with van der Waals surface area (Å²) in [5.74, 6) is 0.647. The minimum absolute atomic E-state index is 0.158. The number of pyridine rings is 1. The summed E-state index contributed by atoms with van der Waals surface area (Å²) in [5, 5.41) is 29.3. The fourth-order valence-electron chi connectivity index (χ4n) is 4.07. The molecule has 3 aromatic heterocycles. The third-order valence-electron chi connectivity index (χ3n) is 6.39. The molecule has 12 nitrogen and oxygen atoms in total. The summed E-state index contributed by atoms with van der Waals surface area (Å²) in [7, 11) is 3.19. The van der Waals surface area contributed by atoms with Crippen LogP contribution in [0.25, 0.3) is 0 Å². The molecule has 0 fully saturated rings. The van der Waals surface area contributed by atoms with Crippen LogP contribution in [0.4, 0.5) is 0 Å². The lowest BCUT2D eigenvalue weighted by Gasteiger charge is -2.15. The Morgan fingerprint density at radius 2 is 1.58 bits per heavy atom. The molecule has 5 rings (SSSR count). The molecule has 0 saturated carbocycles. The van der Waals surface area contributed by atoms with Crippen molar-refractivity contribution in [3.8, 4) is 23.0 Å². The number of carboxylic acids is 1. The van der Waals surface area contributed by atoms with Crippen molar-refractivity contribution in [2.24, 2.45) is 5.16 Å². The van der Waals surface area contributed by atoms with E-state index in [9.17, 15) is 15.1 Å². The second kappa shape index (κ2) is 14.5. The van der Waals surface area contributed by atoms with Crippen LogP contribution in [0.15, 0.2) is 82.9 Å². The number of aryl methyl sites for hydroxylation is 1. The predicted molar refractivity (Wildman–Crippen MR) is 165 cm³/mol. The second-order valence-corrected chi connectivity index (χ2v) is 11.4. The maximum atomic E-state index is 12.0. The number of hydrogen-bond donors (Lipinski definition) is 2. The summed E-state index contributed by atoms with van der Waals surface area (Å²) >= 11 is 2.53. The zero-order valence-corrected chi connectivity index (χ0v) is 26.1. The van der Waals surface area contributed by atoms with Crippen LogP contribution in [-0.2, 0) is 22.8 Å². The Morgan fingerprint density at radius 1 is 0.956 bits per heavy atom. The van der Waals surface area contributed by atoms with E-state index in [1.54, 1.807) is 44.2 Å². The summed E-state index contributed by atoms with van der Waals surface area (Å²) in [5.41, 5.74) is 1.66. The van der Waals surface area contributed by atoms with E-state index in [-0.39, 0.29) is 36.1 Å². The highest BCUT2D eigenvalue weighted by atomic mass is 32.1. The van der Waals surface area contributed by atoms with Crippen molar-refractivity contribution in [1.29, 1.82) is 0 Å². The number of carbonyl (C=O) groups is 1. The number of benzene rings is 2. The SMILES string of the molecule is COc1ccc(COc2cc(C(O/N=C(\C(=O)O)c3csc(C)n3)c3nccs3)[n+](O)cc2OCc2ccc(OC)cc2)cc1. The van der Waals surface area contributed by atoms with Gasteiger partial charge in [0.25, 0.3) is 18.0 Å². The van der Waals surface area contributed by atoms with Crippen molar-refractivity contribution in [2.45, 2.75) is 26.2 Å². The third-order valence-corrected chi connectivity index (χ3v) is 7.98. The van der Waals surface area contributed by atoms with Crippen LogP contribution in [0.1, 0.15) is 38.6 Å². The van der Waals surface area contributed by atoms with Crippen LogP contribution >= 0.6 is 22.7 Å². The van der Waals surface area contributed by atoms with Gasteiger partial charge in [0.05, 0.1) is 25.3 Å². The molecular formula is C31H29N4O8S2+. The van der Waals surface area contributed by atoms with E-state index in [2.05, 4.69) is 15.1 Å². The highest BCUT2D eigenvalue weighted by Crippen LogP contribution is 2.34. The average molecular weight is 650 g/mol. The predicted octanol–water partition coefficient (Wildman–Crippen LogP) is 5.20. The molecule has 0 bridgehead atoms. The van der Waals surface area contributed by atoms with Gasteiger partial charge in [-0.05, 0) is 42.3 Å². The van der Waals surface area contributed by atoms with E-state index < -0.39 is 12.1 Å². The third kappa shape index (κ3) is 7.85. The Labute approximate surface area is 266 Å². The maximum absolute atomic E-state index is 12.0. The molecule has 0 aliphatic heterocycles. The first-order chi connectivity index (χ1) is 21.8. The quantitative estimate of drug-likeness (QED) is 0.0712. The molecule has 5 aromatic rings. The fourth-order valence-corrected chi connectivity index (χ4v) is 5.33. The normalized spacial score (nSPS) is 11.9. The number of carboxylic acid groups (broad SMARTS) is 1. The molecule has 0 radical (unpaired) electrons. The van der Waals surface area contributed by atoms with E-state index in [0.717, 1.165) is 15.9 Å². The summed E-state index contributed by atoms with van der Waals surface area (Å²) < 4.78 is 23.6. The van der Waals surface area contributed by atoms with E-state index >= 15 is 0 Å². The summed E-state index contributed by atoms with van der Waals surface area (Å²) in [4.78, 5) is 26.4. The molecule has 14 heteroatoms. The van der Waals surface area contributed by atoms with Gasteiger partial charge in [0.2, 0.25) is 11.5 Å². The molecule has 0 amide bonds. The monoisotopic (exact) mass is 649 g/mol. The molecule has 2 aromatic carbocycles. The molecule has 2 N–H and O–H groups in total. The Bertz CT molecular complexity index is 1760. The van der Waals surface area contributed by atoms with Crippen molar-refractivity contribution in [2.75, 3.05) is 14.2 Å². The zero-order chi connectivity index (χ0) is 31.8. The number of ether oxygens (including phenoxy) is 4. The zero-order valence-electron chi connectivity index (χ0n) is 24.4. The lowest BCUT2D eigenvalue weighted by molar-refractivity contribution is -0.911. The lowest BCUT2D eigenvalue weighted by Crippen LogP contribution is -2.37. The van der Waals surface area contributed by atoms with Gasteiger partial charge < -0.3 is 28.9 Å². The number of aliphatic carboxylic acids is 1. The minimum Gasteiger partial charge on any atom is -0.497 e. The van der Waals surface area contributed by atoms with Gasteiger partial charge in [0.1, 0.15) is 35.4 Å². The average Bonchev–Trinajstić information content (AvgIpc) is 3.74. The number of rotatable bonds is 14. The topological polar surface area (TPSA) is 146 Å². The molecule has 0 saturated heterocycles. The van der Waals surface area contributed by atoms with Crippen molar-refractivity contribution in [3.05, 3.63) is 110 Å². The van der Waals surface area contributed by atoms with Gasteiger partial charge in [-0.2, -0.15) is 0 Å². The van der Waals surface area contributed by atoms with Crippen molar-refractivity contribution in [3.63, 3.8) is 0 Å². The Morgan fingerprint density at radius 3 is 2.09 bits per heavy atom. The standard InChI is InChI=1S/C31H28N4O8S2/c1-19-33-24(18-45-19)28(31(36)37)34-43-29(30-32-12-13-44-30)25-14-26(41-16-20-4-8-22(39-2)9-5-20)27(15-35(25)38)42-17-21-6-10-23(40-3)11-7-21/h4-15,18,29H,16-17H2,1-3H3,(H-,36,37,38)/p+1/b34-28-. The molecular weight excluding hydrogens is 620 g/mol. The van der Waals surface area contributed by atoms with Gasteiger partial charge in [0.15, 0.2) is 5.75 Å². The lowest BCUT2D eigenvalue weighted by atomic mass is 10.2. The van der Waals surface area contributed by atoms with Crippen molar-refractivity contribution >= 4 is 34.4 Å². The van der Waals surface area contributed by atoms with E-state index in [4.69, 9.17) is 23.8 Å². The molecule has 0 aliphatic carbocycles. The van der Waals surface area contributed by atoms with Gasteiger partial charge in [0, 0.05) is 21.7 Å². The van der Waals surface area contributed by atoms with Crippen LogP contribution in [0.2, 0.25) is 0 Å². The molecule has 0 spiro atoms. The Kier molecular flexibility index (Phi) is 10.1. The first-order valence-electron chi connectivity index (χ1n) is 13.4. The van der Waals surface area contributed by atoms with Crippen LogP contribution in [0, 0.1) is 6.92 Å². The van der Waals surface area contributed by atoms with Gasteiger partial charge in [-0.1, -0.05) is 29.4 Å². The molecule has 45 heavy (non-hydrogen) atoms. The number of hydrogen-bond acceptors (Lipinski definition) is 12. The number of nitrogens with zero attached hydrogens (tertiary/aromatic N) is 4. The van der Waals surface area contributed by atoms with E-state index in [1.165, 1.54) is 28.9 Å².